The lowest BCUT2D eigenvalue weighted by molar-refractivity contribution is -0.147. The van der Waals surface area contributed by atoms with E-state index in [1.54, 1.807) is 14.0 Å². The summed E-state index contributed by atoms with van der Waals surface area (Å²) in [6, 6.07) is 0. The monoisotopic (exact) mass is 261 g/mol. The Morgan fingerprint density at radius 2 is 1.94 bits per heavy atom. The summed E-state index contributed by atoms with van der Waals surface area (Å²) in [6.45, 7) is 4.72. The maximum atomic E-state index is 11.6. The number of carbonyl (C=O) groups excluding carboxylic acids is 1. The highest BCUT2D eigenvalue weighted by molar-refractivity contribution is 5.86. The summed E-state index contributed by atoms with van der Waals surface area (Å²) in [7, 11) is 1.59. The summed E-state index contributed by atoms with van der Waals surface area (Å²) in [5, 5.41) is 11.5. The van der Waals surface area contributed by atoms with Crippen molar-refractivity contribution in [2.24, 2.45) is 0 Å². The molecule has 1 unspecified atom stereocenters. The fourth-order valence-electron chi connectivity index (χ4n) is 1.24. The van der Waals surface area contributed by atoms with Gasteiger partial charge in [-0.1, -0.05) is 6.92 Å². The smallest absolute Gasteiger partial charge is 0.329 e. The van der Waals surface area contributed by atoms with Gasteiger partial charge in [-0.15, -0.1) is 0 Å². The van der Waals surface area contributed by atoms with Gasteiger partial charge in [-0.2, -0.15) is 0 Å². The Morgan fingerprint density at radius 1 is 1.28 bits per heavy atom. The second-order valence-corrected chi connectivity index (χ2v) is 4.25. The Kier molecular flexibility index (Phi) is 8.32. The van der Waals surface area contributed by atoms with Crippen LogP contribution >= 0.6 is 0 Å². The summed E-state index contributed by atoms with van der Waals surface area (Å²) in [5.41, 5.74) is -1.19. The van der Waals surface area contributed by atoms with Crippen LogP contribution < -0.4 is 5.32 Å². The van der Waals surface area contributed by atoms with Crippen LogP contribution in [0.3, 0.4) is 0 Å². The zero-order valence-corrected chi connectivity index (χ0v) is 11.3. The van der Waals surface area contributed by atoms with Crippen LogP contribution in [-0.2, 0) is 19.1 Å². The van der Waals surface area contributed by atoms with Gasteiger partial charge in [-0.3, -0.25) is 4.79 Å². The lowest BCUT2D eigenvalue weighted by Crippen LogP contribution is -2.51. The number of methoxy groups -OCH3 is 1. The van der Waals surface area contributed by atoms with Crippen LogP contribution in [0, 0.1) is 0 Å². The van der Waals surface area contributed by atoms with Crippen LogP contribution in [0.4, 0.5) is 0 Å². The number of carboxylic acids is 1. The first kappa shape index (κ1) is 16.9. The molecular weight excluding hydrogens is 238 g/mol. The minimum absolute atomic E-state index is 0.260. The minimum Gasteiger partial charge on any atom is -0.480 e. The fourth-order valence-corrected chi connectivity index (χ4v) is 1.24. The topological polar surface area (TPSA) is 84.9 Å². The molecule has 106 valence electrons. The standard InChI is InChI=1S/C12H23NO5/c1-4-12(2,11(15)16)13-10(14)6-5-7-18-9-8-17-3/h4-9H2,1-3H3,(H,13,14)(H,15,16). The molecule has 0 spiro atoms. The molecule has 0 bridgehead atoms. The molecule has 0 aliphatic heterocycles. The maximum absolute atomic E-state index is 11.6. The van der Waals surface area contributed by atoms with Crippen molar-refractivity contribution in [1.82, 2.24) is 5.32 Å². The van der Waals surface area contributed by atoms with E-state index in [0.717, 1.165) is 0 Å². The molecule has 0 aliphatic carbocycles. The number of carboxylic acid groups (broad SMARTS) is 1. The van der Waals surface area contributed by atoms with Crippen molar-refractivity contribution >= 4 is 11.9 Å². The van der Waals surface area contributed by atoms with Crippen LogP contribution in [0.25, 0.3) is 0 Å². The van der Waals surface area contributed by atoms with Crippen molar-refractivity contribution in [3.63, 3.8) is 0 Å². The van der Waals surface area contributed by atoms with Crippen LogP contribution in [-0.4, -0.2) is 49.5 Å². The molecule has 0 heterocycles. The van der Waals surface area contributed by atoms with Crippen molar-refractivity contribution < 1.29 is 24.2 Å². The van der Waals surface area contributed by atoms with Crippen LogP contribution in [0.2, 0.25) is 0 Å². The van der Waals surface area contributed by atoms with E-state index >= 15 is 0 Å². The second kappa shape index (κ2) is 8.88. The van der Waals surface area contributed by atoms with E-state index in [-0.39, 0.29) is 12.3 Å². The molecule has 0 saturated carbocycles. The van der Waals surface area contributed by atoms with Gasteiger partial charge in [0.25, 0.3) is 0 Å². The lowest BCUT2D eigenvalue weighted by Gasteiger charge is -2.24. The maximum Gasteiger partial charge on any atom is 0.329 e. The van der Waals surface area contributed by atoms with Gasteiger partial charge < -0.3 is 19.9 Å². The number of hydrogen-bond donors (Lipinski definition) is 2. The number of nitrogens with one attached hydrogen (secondary N) is 1. The van der Waals surface area contributed by atoms with Gasteiger partial charge in [-0.25, -0.2) is 4.79 Å². The number of aliphatic carboxylic acids is 1. The Morgan fingerprint density at radius 3 is 2.44 bits per heavy atom. The molecule has 18 heavy (non-hydrogen) atoms. The van der Waals surface area contributed by atoms with Crippen LogP contribution in [0.15, 0.2) is 0 Å². The molecule has 0 fully saturated rings. The number of carbonyl (C=O) groups is 2. The highest BCUT2D eigenvalue weighted by atomic mass is 16.5. The molecule has 0 rings (SSSR count). The first-order valence-corrected chi connectivity index (χ1v) is 6.07. The summed E-state index contributed by atoms with van der Waals surface area (Å²) in [6.07, 6.45) is 1.17. The molecule has 0 radical (unpaired) electrons. The van der Waals surface area contributed by atoms with E-state index in [4.69, 9.17) is 14.6 Å². The first-order chi connectivity index (χ1) is 8.46. The van der Waals surface area contributed by atoms with Gasteiger partial charge in [0.05, 0.1) is 13.2 Å². The third-order valence-electron chi connectivity index (χ3n) is 2.72. The van der Waals surface area contributed by atoms with E-state index in [0.29, 0.717) is 32.7 Å². The summed E-state index contributed by atoms with van der Waals surface area (Å²) in [4.78, 5) is 22.5. The van der Waals surface area contributed by atoms with Crippen LogP contribution in [0.1, 0.15) is 33.1 Å². The van der Waals surface area contributed by atoms with E-state index in [9.17, 15) is 9.59 Å². The molecule has 2 N–H and O–H groups in total. The quantitative estimate of drug-likeness (QED) is 0.568. The SMILES string of the molecule is CCC(C)(NC(=O)CCCOCCOC)C(=O)O. The molecule has 1 amide bonds. The van der Waals surface area contributed by atoms with Crippen molar-refractivity contribution in [1.29, 1.82) is 0 Å². The van der Waals surface area contributed by atoms with Gasteiger partial charge in [0, 0.05) is 20.1 Å². The predicted octanol–water partition coefficient (Wildman–Crippen LogP) is 0.799. The Labute approximate surface area is 108 Å². The Bertz CT molecular complexity index is 269. The fraction of sp³-hybridized carbons (Fsp3) is 0.833. The molecular formula is C12H23NO5. The molecule has 1 atom stereocenters. The van der Waals surface area contributed by atoms with E-state index in [1.165, 1.54) is 6.92 Å². The Balaban J connectivity index is 3.80. The Hall–Kier alpha value is -1.14. The summed E-state index contributed by atoms with van der Waals surface area (Å²) < 4.78 is 10.0. The highest BCUT2D eigenvalue weighted by Gasteiger charge is 2.32. The average molecular weight is 261 g/mol. The van der Waals surface area contributed by atoms with Gasteiger partial charge in [0.2, 0.25) is 5.91 Å². The summed E-state index contributed by atoms with van der Waals surface area (Å²) >= 11 is 0. The zero-order chi connectivity index (χ0) is 14.0. The van der Waals surface area contributed by atoms with E-state index in [1.807, 2.05) is 0 Å². The van der Waals surface area contributed by atoms with Crippen molar-refractivity contribution in [2.75, 3.05) is 26.9 Å². The van der Waals surface area contributed by atoms with Crippen LogP contribution in [0.5, 0.6) is 0 Å². The normalized spacial score (nSPS) is 13.9. The van der Waals surface area contributed by atoms with Gasteiger partial charge in [0.15, 0.2) is 0 Å². The largest absolute Gasteiger partial charge is 0.480 e. The van der Waals surface area contributed by atoms with Crippen molar-refractivity contribution in [2.45, 2.75) is 38.6 Å². The molecule has 0 aliphatic rings. The van der Waals surface area contributed by atoms with Gasteiger partial charge >= 0.3 is 5.97 Å². The third-order valence-corrected chi connectivity index (χ3v) is 2.72. The third kappa shape index (κ3) is 6.56. The number of ether oxygens (including phenoxy) is 2. The number of amides is 1. The van der Waals surface area contributed by atoms with Crippen molar-refractivity contribution in [3.05, 3.63) is 0 Å². The predicted molar refractivity (Wildman–Crippen MR) is 66.4 cm³/mol. The molecule has 6 nitrogen and oxygen atoms in total. The molecule has 0 saturated heterocycles. The zero-order valence-electron chi connectivity index (χ0n) is 11.3. The second-order valence-electron chi connectivity index (χ2n) is 4.25. The first-order valence-electron chi connectivity index (χ1n) is 6.07. The van der Waals surface area contributed by atoms with Crippen molar-refractivity contribution in [3.8, 4) is 0 Å². The van der Waals surface area contributed by atoms with E-state index < -0.39 is 11.5 Å². The van der Waals surface area contributed by atoms with E-state index in [2.05, 4.69) is 5.32 Å². The molecule has 0 aromatic rings. The van der Waals surface area contributed by atoms with Gasteiger partial charge in [-0.05, 0) is 19.8 Å². The minimum atomic E-state index is -1.19. The molecule has 0 aromatic heterocycles. The van der Waals surface area contributed by atoms with Gasteiger partial charge in [0.1, 0.15) is 5.54 Å². The lowest BCUT2D eigenvalue weighted by atomic mass is 9.99. The summed E-state index contributed by atoms with van der Waals surface area (Å²) in [5.74, 6) is -1.29. The molecule has 6 heteroatoms. The highest BCUT2D eigenvalue weighted by Crippen LogP contribution is 2.09. The number of hydrogen-bond acceptors (Lipinski definition) is 4. The average Bonchev–Trinajstić information content (AvgIpc) is 2.33. The number of rotatable bonds is 10. The molecule has 0 aromatic carbocycles.